The lowest BCUT2D eigenvalue weighted by molar-refractivity contribution is -0.704. The summed E-state index contributed by atoms with van der Waals surface area (Å²) in [4.78, 5) is 0. The van der Waals surface area contributed by atoms with Crippen molar-refractivity contribution in [1.29, 1.82) is 0 Å². The van der Waals surface area contributed by atoms with Gasteiger partial charge in [-0.3, -0.25) is 0 Å². The maximum absolute atomic E-state index is 2.64. The molecule has 1 rings (SSSR count). The minimum atomic E-state index is 1.23. The molecule has 46 heavy (non-hydrogen) atoms. The molecule has 0 aliphatic rings. The standard InChI is InChI=1S/C44H87N2/c1-4-7-10-13-15-17-19-21-23-25-27-29-31-33-36-39-44-45(40-37-34-12-9-6-3)42-43-46(44)41-38-35-32-30-28-26-24-22-20-18-16-14-11-8-5-2/h42-43H,4-41H2,1-3H3/q+1. The molecule has 1 aromatic rings. The molecule has 0 unspecified atom stereocenters. The molecule has 0 saturated heterocycles. The first-order valence-electron chi connectivity index (χ1n) is 21.9. The van der Waals surface area contributed by atoms with Gasteiger partial charge in [0.25, 0.3) is 5.82 Å². The molecule has 1 heterocycles. The van der Waals surface area contributed by atoms with E-state index in [0.29, 0.717) is 0 Å². The second-order valence-corrected chi connectivity index (χ2v) is 15.2. The van der Waals surface area contributed by atoms with Crippen LogP contribution in [0.1, 0.15) is 251 Å². The Morgan fingerprint density at radius 2 is 0.674 bits per heavy atom. The van der Waals surface area contributed by atoms with Gasteiger partial charge in [0.1, 0.15) is 12.4 Å². The zero-order valence-electron chi connectivity index (χ0n) is 32.4. The van der Waals surface area contributed by atoms with Crippen LogP contribution in [-0.4, -0.2) is 4.57 Å². The highest BCUT2D eigenvalue weighted by atomic mass is 15.1. The number of aromatic nitrogens is 2. The third kappa shape index (κ3) is 27.2. The van der Waals surface area contributed by atoms with E-state index in [1.807, 2.05) is 0 Å². The maximum atomic E-state index is 2.64. The molecule has 2 heteroatoms. The zero-order chi connectivity index (χ0) is 33.0. The lowest BCUT2D eigenvalue weighted by Crippen LogP contribution is -2.37. The van der Waals surface area contributed by atoms with E-state index in [0.717, 1.165) is 0 Å². The Bertz CT molecular complexity index is 707. The lowest BCUT2D eigenvalue weighted by Gasteiger charge is -2.07. The Kier molecular flexibility index (Phi) is 33.4. The van der Waals surface area contributed by atoms with Crippen molar-refractivity contribution in [3.8, 4) is 0 Å². The summed E-state index contributed by atoms with van der Waals surface area (Å²) in [6, 6.07) is 0. The van der Waals surface area contributed by atoms with Gasteiger partial charge in [0, 0.05) is 6.42 Å². The number of hydrogen-bond acceptors (Lipinski definition) is 0. The molecule has 0 radical (unpaired) electrons. The number of unbranched alkanes of at least 4 members (excludes halogenated alkanes) is 32. The number of aryl methyl sites for hydroxylation is 2. The van der Waals surface area contributed by atoms with Crippen molar-refractivity contribution in [3.63, 3.8) is 0 Å². The lowest BCUT2D eigenvalue weighted by atomic mass is 10.0. The van der Waals surface area contributed by atoms with E-state index in [1.165, 1.54) is 244 Å². The maximum Gasteiger partial charge on any atom is 0.256 e. The number of hydrogen-bond donors (Lipinski definition) is 0. The summed E-state index contributed by atoms with van der Waals surface area (Å²) in [5.41, 5.74) is 0. The molecule has 0 spiro atoms. The Labute approximate surface area is 291 Å². The van der Waals surface area contributed by atoms with Crippen molar-refractivity contribution >= 4 is 0 Å². The minimum Gasteiger partial charge on any atom is -0.234 e. The zero-order valence-corrected chi connectivity index (χ0v) is 32.4. The molecule has 0 fully saturated rings. The molecular formula is C44H87N2+. The van der Waals surface area contributed by atoms with Crippen molar-refractivity contribution in [2.45, 2.75) is 265 Å². The van der Waals surface area contributed by atoms with Gasteiger partial charge in [-0.15, -0.1) is 0 Å². The SMILES string of the molecule is CCCCCCCCCCCCCCCCCc1n(CCCCCCCCCCCCCCCCC)cc[n+]1CCCCCCC. The highest BCUT2D eigenvalue weighted by Crippen LogP contribution is 2.16. The second kappa shape index (κ2) is 35.5. The fourth-order valence-corrected chi connectivity index (χ4v) is 7.39. The third-order valence-corrected chi connectivity index (χ3v) is 10.6. The summed E-state index contributed by atoms with van der Waals surface area (Å²) in [5.74, 6) is 1.62. The van der Waals surface area contributed by atoms with E-state index < -0.39 is 0 Å². The first kappa shape index (κ1) is 43.2. The molecule has 0 saturated carbocycles. The summed E-state index contributed by atoms with van der Waals surface area (Å²) >= 11 is 0. The average Bonchev–Trinajstić information content (AvgIpc) is 3.45. The van der Waals surface area contributed by atoms with Crippen molar-refractivity contribution in [1.82, 2.24) is 4.57 Å². The topological polar surface area (TPSA) is 8.81 Å². The molecule has 1 aromatic heterocycles. The van der Waals surface area contributed by atoms with E-state index in [2.05, 4.69) is 42.3 Å². The highest BCUT2D eigenvalue weighted by molar-refractivity contribution is 4.84. The van der Waals surface area contributed by atoms with Crippen LogP contribution in [0.2, 0.25) is 0 Å². The average molecular weight is 644 g/mol. The van der Waals surface area contributed by atoms with Gasteiger partial charge >= 0.3 is 0 Å². The van der Waals surface area contributed by atoms with Gasteiger partial charge in [-0.25, -0.2) is 9.13 Å². The van der Waals surface area contributed by atoms with Crippen molar-refractivity contribution in [2.75, 3.05) is 0 Å². The predicted molar refractivity (Wildman–Crippen MR) is 207 cm³/mol. The van der Waals surface area contributed by atoms with Crippen molar-refractivity contribution in [3.05, 3.63) is 18.2 Å². The molecule has 0 amide bonds. The van der Waals surface area contributed by atoms with E-state index in [-0.39, 0.29) is 0 Å². The number of rotatable bonds is 38. The Morgan fingerprint density at radius 3 is 1.04 bits per heavy atom. The summed E-state index contributed by atoms with van der Waals surface area (Å²) in [7, 11) is 0. The minimum absolute atomic E-state index is 1.23. The Hall–Kier alpha value is -0.790. The fourth-order valence-electron chi connectivity index (χ4n) is 7.39. The first-order valence-corrected chi connectivity index (χ1v) is 21.9. The van der Waals surface area contributed by atoms with Gasteiger partial charge in [0.2, 0.25) is 0 Å². The summed E-state index contributed by atoms with van der Waals surface area (Å²) in [5, 5.41) is 0. The van der Waals surface area contributed by atoms with Crippen LogP contribution in [0.25, 0.3) is 0 Å². The Balaban J connectivity index is 2.17. The van der Waals surface area contributed by atoms with Gasteiger partial charge in [-0.2, -0.15) is 0 Å². The van der Waals surface area contributed by atoms with Crippen LogP contribution in [0, 0.1) is 0 Å². The molecule has 0 aromatic carbocycles. The van der Waals surface area contributed by atoms with Crippen LogP contribution in [0.5, 0.6) is 0 Å². The molecule has 0 bridgehead atoms. The monoisotopic (exact) mass is 644 g/mol. The van der Waals surface area contributed by atoms with Crippen molar-refractivity contribution in [2.24, 2.45) is 0 Å². The molecule has 0 N–H and O–H groups in total. The van der Waals surface area contributed by atoms with Gasteiger partial charge in [0.05, 0.1) is 13.1 Å². The van der Waals surface area contributed by atoms with E-state index >= 15 is 0 Å². The Morgan fingerprint density at radius 1 is 0.370 bits per heavy atom. The summed E-state index contributed by atoms with van der Waals surface area (Å²) in [6.45, 7) is 9.40. The van der Waals surface area contributed by atoms with Gasteiger partial charge in [0.15, 0.2) is 0 Å². The molecule has 0 aliphatic heterocycles. The normalized spacial score (nSPS) is 11.6. The third-order valence-electron chi connectivity index (χ3n) is 10.6. The fraction of sp³-hybridized carbons (Fsp3) is 0.932. The molecule has 0 aliphatic carbocycles. The van der Waals surface area contributed by atoms with Crippen molar-refractivity contribution < 1.29 is 4.57 Å². The largest absolute Gasteiger partial charge is 0.256 e. The van der Waals surface area contributed by atoms with Crippen LogP contribution in [0.15, 0.2) is 12.4 Å². The van der Waals surface area contributed by atoms with Crippen LogP contribution in [0.3, 0.4) is 0 Å². The van der Waals surface area contributed by atoms with E-state index in [4.69, 9.17) is 0 Å². The van der Waals surface area contributed by atoms with Crippen LogP contribution >= 0.6 is 0 Å². The van der Waals surface area contributed by atoms with Gasteiger partial charge in [-0.1, -0.05) is 213 Å². The van der Waals surface area contributed by atoms with Gasteiger partial charge < -0.3 is 0 Å². The van der Waals surface area contributed by atoms with E-state index in [1.54, 1.807) is 5.82 Å². The van der Waals surface area contributed by atoms with E-state index in [9.17, 15) is 0 Å². The molecule has 0 atom stereocenters. The van der Waals surface area contributed by atoms with Crippen LogP contribution in [-0.2, 0) is 19.5 Å². The predicted octanol–water partition coefficient (Wildman–Crippen LogP) is 15.0. The second-order valence-electron chi connectivity index (χ2n) is 15.2. The number of imidazole rings is 1. The quantitative estimate of drug-likeness (QED) is 0.0501. The smallest absolute Gasteiger partial charge is 0.234 e. The first-order chi connectivity index (χ1) is 22.8. The summed E-state index contributed by atoms with van der Waals surface area (Å²) < 4.78 is 5.26. The molecule has 2 nitrogen and oxygen atoms in total. The summed E-state index contributed by atoms with van der Waals surface area (Å²) in [6.07, 6.45) is 56.4. The van der Waals surface area contributed by atoms with Crippen LogP contribution in [0.4, 0.5) is 0 Å². The van der Waals surface area contributed by atoms with Gasteiger partial charge in [-0.05, 0) is 32.1 Å². The molecular weight excluding hydrogens is 556 g/mol. The number of nitrogens with zero attached hydrogens (tertiary/aromatic N) is 2. The molecule has 272 valence electrons. The highest BCUT2D eigenvalue weighted by Gasteiger charge is 2.16. The van der Waals surface area contributed by atoms with Crippen LogP contribution < -0.4 is 4.57 Å².